The minimum Gasteiger partial charge on any atom is -0.480 e. The lowest BCUT2D eigenvalue weighted by molar-refractivity contribution is -0.137. The minimum absolute atomic E-state index is 0.0142. The van der Waals surface area contributed by atoms with E-state index in [1.54, 1.807) is 24.3 Å². The van der Waals surface area contributed by atoms with E-state index in [-0.39, 0.29) is 53.1 Å². The average molecular weight is 522 g/mol. The summed E-state index contributed by atoms with van der Waals surface area (Å²) in [6, 6.07) is 5.48. The number of hydrogen-bond donors (Lipinski definition) is 5. The van der Waals surface area contributed by atoms with Gasteiger partial charge >= 0.3 is 12.0 Å². The molecule has 1 amide bonds. The second-order valence-electron chi connectivity index (χ2n) is 6.99. The van der Waals surface area contributed by atoms with E-state index in [1.165, 1.54) is 19.5 Å². The quantitative estimate of drug-likeness (QED) is 0.250. The first-order chi connectivity index (χ1) is 16.8. The number of hydrogen-bond acceptors (Lipinski definition) is 10. The van der Waals surface area contributed by atoms with Crippen molar-refractivity contribution in [3.8, 4) is 6.01 Å². The van der Waals surface area contributed by atoms with Gasteiger partial charge < -0.3 is 30.9 Å². The van der Waals surface area contributed by atoms with Crippen LogP contribution in [0, 0.1) is 0 Å². The number of carbonyl (C=O) groups is 2. The Morgan fingerprint density at radius 3 is 2.31 bits per heavy atom. The van der Waals surface area contributed by atoms with Crippen molar-refractivity contribution in [3.05, 3.63) is 57.8 Å². The van der Waals surface area contributed by atoms with Gasteiger partial charge in [0, 0.05) is 31.0 Å². The van der Waals surface area contributed by atoms with E-state index in [1.807, 2.05) is 0 Å². The van der Waals surface area contributed by atoms with Gasteiger partial charge in [0.1, 0.15) is 6.04 Å². The number of carboxylic acids is 1. The van der Waals surface area contributed by atoms with Crippen molar-refractivity contribution < 1.29 is 24.5 Å². The molecule has 0 spiro atoms. The van der Waals surface area contributed by atoms with Gasteiger partial charge in [-0.25, -0.2) is 4.79 Å². The molecule has 3 rings (SSSR count). The fourth-order valence-corrected chi connectivity index (χ4v) is 3.43. The second-order valence-corrected chi connectivity index (χ2v) is 7.80. The number of pyridine rings is 1. The van der Waals surface area contributed by atoms with E-state index in [2.05, 4.69) is 35.9 Å². The molecule has 35 heavy (non-hydrogen) atoms. The predicted molar refractivity (Wildman–Crippen MR) is 129 cm³/mol. The lowest BCUT2D eigenvalue weighted by atomic mass is 10.1. The van der Waals surface area contributed by atoms with Crippen LogP contribution in [-0.2, 0) is 11.2 Å². The Kier molecular flexibility index (Phi) is 8.95. The molecule has 0 unspecified atom stereocenters. The average Bonchev–Trinajstić information content (AvgIpc) is 2.83. The third-order valence-corrected chi connectivity index (χ3v) is 5.10. The van der Waals surface area contributed by atoms with Crippen molar-refractivity contribution in [1.82, 2.24) is 19.9 Å². The van der Waals surface area contributed by atoms with Crippen LogP contribution in [0.1, 0.15) is 15.9 Å². The molecule has 0 fully saturated rings. The number of ether oxygens (including phenoxy) is 1. The standard InChI is InChI=1S/C21H21Cl2N7O5/c1-35-21-29-19(25-6-7-31)28-20(30-21)27-15(18(33)34)8-11-2-4-12(5-3-11)26-17(32)16-13(22)9-24-10-14(16)23/h2-5,9-10,15,31H,6-8H2,1H3,(H,26,32)(H,33,34)(H2,25,27,28,29,30)/t15-/m0/s1. The molecule has 0 saturated heterocycles. The van der Waals surface area contributed by atoms with Gasteiger partial charge in [0.05, 0.1) is 29.3 Å². The molecule has 1 atom stereocenters. The number of aromatic nitrogens is 4. The number of aliphatic hydroxyl groups is 1. The van der Waals surface area contributed by atoms with Crippen LogP contribution in [0.2, 0.25) is 10.0 Å². The number of amides is 1. The summed E-state index contributed by atoms with van der Waals surface area (Å²) in [5.41, 5.74) is 1.23. The van der Waals surface area contributed by atoms with E-state index in [4.69, 9.17) is 33.0 Å². The zero-order valence-electron chi connectivity index (χ0n) is 18.3. The monoisotopic (exact) mass is 521 g/mol. The number of anilines is 3. The minimum atomic E-state index is -1.13. The maximum Gasteiger partial charge on any atom is 0.326 e. The molecular formula is C21H21Cl2N7O5. The summed E-state index contributed by atoms with van der Waals surface area (Å²) < 4.78 is 5.02. The first-order valence-corrected chi connectivity index (χ1v) is 10.9. The topological polar surface area (TPSA) is 171 Å². The number of rotatable bonds is 11. The maximum absolute atomic E-state index is 12.5. The van der Waals surface area contributed by atoms with Crippen molar-refractivity contribution >= 4 is 52.7 Å². The first kappa shape index (κ1) is 25.9. The normalized spacial score (nSPS) is 11.4. The highest BCUT2D eigenvalue weighted by Gasteiger charge is 2.21. The van der Waals surface area contributed by atoms with E-state index in [0.29, 0.717) is 11.3 Å². The van der Waals surface area contributed by atoms with Gasteiger partial charge in [-0.15, -0.1) is 0 Å². The molecular weight excluding hydrogens is 501 g/mol. The number of nitrogens with zero attached hydrogens (tertiary/aromatic N) is 4. The van der Waals surface area contributed by atoms with E-state index in [9.17, 15) is 14.7 Å². The Bertz CT molecular complexity index is 1180. The van der Waals surface area contributed by atoms with Crippen LogP contribution in [0.4, 0.5) is 17.6 Å². The van der Waals surface area contributed by atoms with Crippen LogP contribution in [-0.4, -0.2) is 68.3 Å². The Labute approximate surface area is 209 Å². The molecule has 12 nitrogen and oxygen atoms in total. The van der Waals surface area contributed by atoms with Crippen LogP contribution < -0.4 is 20.7 Å². The number of halogens is 2. The molecule has 0 radical (unpaired) electrons. The van der Waals surface area contributed by atoms with Crippen LogP contribution in [0.5, 0.6) is 6.01 Å². The fraction of sp³-hybridized carbons (Fsp3) is 0.238. The Balaban J connectivity index is 1.70. The lowest BCUT2D eigenvalue weighted by Gasteiger charge is -2.16. The summed E-state index contributed by atoms with van der Waals surface area (Å²) in [5.74, 6) is -1.53. The van der Waals surface area contributed by atoms with Gasteiger partial charge in [0.2, 0.25) is 11.9 Å². The first-order valence-electron chi connectivity index (χ1n) is 10.1. The van der Waals surface area contributed by atoms with Crippen LogP contribution in [0.25, 0.3) is 0 Å². The van der Waals surface area contributed by atoms with Crippen molar-refractivity contribution in [2.24, 2.45) is 0 Å². The smallest absolute Gasteiger partial charge is 0.326 e. The highest BCUT2D eigenvalue weighted by Crippen LogP contribution is 2.24. The number of carboxylic acid groups (broad SMARTS) is 1. The predicted octanol–water partition coefficient (Wildman–Crippen LogP) is 2.35. The molecule has 0 aliphatic rings. The van der Waals surface area contributed by atoms with E-state index < -0.39 is 17.9 Å². The van der Waals surface area contributed by atoms with Crippen LogP contribution >= 0.6 is 23.2 Å². The van der Waals surface area contributed by atoms with E-state index in [0.717, 1.165) is 0 Å². The number of methoxy groups -OCH3 is 1. The summed E-state index contributed by atoms with van der Waals surface area (Å²) in [4.78, 5) is 40.3. The number of aliphatic hydroxyl groups excluding tert-OH is 1. The number of aliphatic carboxylic acids is 1. The molecule has 184 valence electrons. The van der Waals surface area contributed by atoms with Gasteiger partial charge in [0.15, 0.2) is 0 Å². The van der Waals surface area contributed by atoms with Crippen LogP contribution in [0.15, 0.2) is 36.7 Å². The van der Waals surface area contributed by atoms with Gasteiger partial charge in [-0.1, -0.05) is 35.3 Å². The van der Waals surface area contributed by atoms with Crippen molar-refractivity contribution in [2.45, 2.75) is 12.5 Å². The molecule has 0 aliphatic carbocycles. The summed E-state index contributed by atoms with van der Waals surface area (Å²) in [6.07, 6.45) is 2.72. The molecule has 3 aromatic rings. The molecule has 5 N–H and O–H groups in total. The molecule has 0 saturated carbocycles. The number of carbonyl (C=O) groups excluding carboxylic acids is 1. The largest absolute Gasteiger partial charge is 0.480 e. The van der Waals surface area contributed by atoms with Gasteiger partial charge in [0.25, 0.3) is 5.91 Å². The summed E-state index contributed by atoms with van der Waals surface area (Å²) in [5, 5.41) is 27.1. The second kappa shape index (κ2) is 12.1. The Morgan fingerprint density at radius 1 is 1.06 bits per heavy atom. The third kappa shape index (κ3) is 7.12. The van der Waals surface area contributed by atoms with Gasteiger partial charge in [-0.2, -0.15) is 15.0 Å². The zero-order valence-corrected chi connectivity index (χ0v) is 19.8. The number of benzene rings is 1. The van der Waals surface area contributed by atoms with Crippen molar-refractivity contribution in [2.75, 3.05) is 36.2 Å². The molecule has 0 aliphatic heterocycles. The molecule has 2 aromatic heterocycles. The van der Waals surface area contributed by atoms with E-state index >= 15 is 0 Å². The van der Waals surface area contributed by atoms with Crippen LogP contribution in [0.3, 0.4) is 0 Å². The summed E-state index contributed by atoms with van der Waals surface area (Å²) in [6.45, 7) is 0.0466. The van der Waals surface area contributed by atoms with Crippen molar-refractivity contribution in [1.29, 1.82) is 0 Å². The van der Waals surface area contributed by atoms with Gasteiger partial charge in [-0.05, 0) is 17.7 Å². The molecule has 14 heteroatoms. The maximum atomic E-state index is 12.5. The summed E-state index contributed by atoms with van der Waals surface area (Å²) in [7, 11) is 1.36. The Morgan fingerprint density at radius 2 is 1.71 bits per heavy atom. The summed E-state index contributed by atoms with van der Waals surface area (Å²) >= 11 is 12.0. The number of nitrogens with one attached hydrogen (secondary N) is 3. The zero-order chi connectivity index (χ0) is 25.4. The highest BCUT2D eigenvalue weighted by atomic mass is 35.5. The molecule has 0 bridgehead atoms. The lowest BCUT2D eigenvalue weighted by Crippen LogP contribution is -2.32. The van der Waals surface area contributed by atoms with Crippen molar-refractivity contribution in [3.63, 3.8) is 0 Å². The Hall–Kier alpha value is -3.74. The highest BCUT2D eigenvalue weighted by molar-refractivity contribution is 6.40. The van der Waals surface area contributed by atoms with Gasteiger partial charge in [-0.3, -0.25) is 9.78 Å². The molecule has 2 heterocycles. The third-order valence-electron chi connectivity index (χ3n) is 4.53. The SMILES string of the molecule is COc1nc(NCCO)nc(N[C@@H](Cc2ccc(NC(=O)c3c(Cl)cncc3Cl)cc2)C(=O)O)n1. The fourth-order valence-electron chi connectivity index (χ4n) is 2.90. The molecule has 1 aromatic carbocycles.